The topological polar surface area (TPSA) is 108 Å². The van der Waals surface area contributed by atoms with Gasteiger partial charge >= 0.3 is 0 Å². The summed E-state index contributed by atoms with van der Waals surface area (Å²) in [6.07, 6.45) is 5.24. The molecule has 1 aromatic carbocycles. The second-order valence-electron chi connectivity index (χ2n) is 8.89. The van der Waals surface area contributed by atoms with Crippen LogP contribution < -0.4 is 10.7 Å². The molecule has 1 amide bonds. The van der Waals surface area contributed by atoms with Crippen molar-refractivity contribution in [1.29, 1.82) is 0 Å². The van der Waals surface area contributed by atoms with Gasteiger partial charge in [0, 0.05) is 39.9 Å². The molecule has 0 aliphatic carbocycles. The predicted molar refractivity (Wildman–Crippen MR) is 143 cm³/mol. The third-order valence-corrected chi connectivity index (χ3v) is 7.00. The van der Waals surface area contributed by atoms with Crippen LogP contribution in [0.1, 0.15) is 30.8 Å². The number of nitrogens with zero attached hydrogens (tertiary/aromatic N) is 4. The molecule has 0 saturated carbocycles. The molecule has 36 heavy (non-hydrogen) atoms. The van der Waals surface area contributed by atoms with E-state index in [-0.39, 0.29) is 11.8 Å². The highest BCUT2D eigenvalue weighted by atomic mass is 32.1. The fourth-order valence-electron chi connectivity index (χ4n) is 4.19. The number of carbonyl (C=O) groups excluding carboxylic acids is 1. The van der Waals surface area contributed by atoms with Gasteiger partial charge in [-0.05, 0) is 40.8 Å². The van der Waals surface area contributed by atoms with Gasteiger partial charge in [-0.15, -0.1) is 11.3 Å². The van der Waals surface area contributed by atoms with E-state index in [0.29, 0.717) is 23.7 Å². The molecule has 0 bridgehead atoms. The molecule has 0 atom stereocenters. The first-order valence-corrected chi connectivity index (χ1v) is 12.5. The lowest BCUT2D eigenvalue weighted by atomic mass is 9.95. The van der Waals surface area contributed by atoms with Crippen molar-refractivity contribution in [2.45, 2.75) is 20.4 Å². The Bertz CT molecular complexity index is 1620. The first-order chi connectivity index (χ1) is 17.6. The number of amides is 1. The zero-order chi connectivity index (χ0) is 24.6. The molecule has 3 N–H and O–H groups in total. The Balaban J connectivity index is 1.39. The number of rotatable bonds is 5. The van der Waals surface area contributed by atoms with Crippen LogP contribution in [0.2, 0.25) is 0 Å². The van der Waals surface area contributed by atoms with Crippen LogP contribution in [0, 0.1) is 5.92 Å². The molecule has 6 rings (SSSR count). The number of fused-ring (bicyclic) bond motifs is 2. The molecule has 8 nitrogen and oxygen atoms in total. The summed E-state index contributed by atoms with van der Waals surface area (Å²) in [6.45, 7) is 4.35. The molecule has 1 aliphatic heterocycles. The monoisotopic (exact) mass is 493 g/mol. The SMILES string of the molecule is CC(C)C(=O)Nc1cncc(-c2ccc3c(c2)C(c2nc4nccc(-c5cccs5)c4[nH]2)=NNC3)c1. The minimum atomic E-state index is -0.109. The van der Waals surface area contributed by atoms with Crippen molar-refractivity contribution in [3.8, 4) is 21.6 Å². The Morgan fingerprint density at radius 1 is 1.08 bits per heavy atom. The van der Waals surface area contributed by atoms with Crippen molar-refractivity contribution in [3.63, 3.8) is 0 Å². The zero-order valence-corrected chi connectivity index (χ0v) is 20.6. The molecule has 9 heteroatoms. The lowest BCUT2D eigenvalue weighted by Crippen LogP contribution is -2.22. The summed E-state index contributed by atoms with van der Waals surface area (Å²) in [5, 5.41) is 9.60. The Kier molecular flexibility index (Phi) is 5.54. The average molecular weight is 494 g/mol. The average Bonchev–Trinajstić information content (AvgIpc) is 3.58. The number of benzene rings is 1. The fraction of sp³-hybridized carbons (Fsp3) is 0.148. The van der Waals surface area contributed by atoms with E-state index in [0.717, 1.165) is 43.9 Å². The minimum Gasteiger partial charge on any atom is -0.335 e. The van der Waals surface area contributed by atoms with Crippen LogP contribution >= 0.6 is 11.3 Å². The number of aromatic nitrogens is 4. The Hall–Kier alpha value is -4.37. The highest BCUT2D eigenvalue weighted by molar-refractivity contribution is 7.13. The number of imidazole rings is 1. The number of nitrogens with one attached hydrogen (secondary N) is 3. The maximum absolute atomic E-state index is 12.1. The molecule has 5 heterocycles. The van der Waals surface area contributed by atoms with Gasteiger partial charge in [0.25, 0.3) is 0 Å². The summed E-state index contributed by atoms with van der Waals surface area (Å²) >= 11 is 1.68. The smallest absolute Gasteiger partial charge is 0.226 e. The van der Waals surface area contributed by atoms with Crippen LogP contribution in [0.15, 0.2) is 71.5 Å². The minimum absolute atomic E-state index is 0.0414. The van der Waals surface area contributed by atoms with Crippen molar-refractivity contribution in [3.05, 3.63) is 83.4 Å². The number of pyridine rings is 2. The van der Waals surface area contributed by atoms with Crippen LogP contribution in [0.4, 0.5) is 5.69 Å². The molecular formula is C27H23N7OS. The summed E-state index contributed by atoms with van der Waals surface area (Å²) in [6, 6.07) is 14.3. The van der Waals surface area contributed by atoms with E-state index in [1.165, 1.54) is 0 Å². The predicted octanol–water partition coefficient (Wildman–Crippen LogP) is 5.20. The van der Waals surface area contributed by atoms with Crippen molar-refractivity contribution < 1.29 is 4.79 Å². The van der Waals surface area contributed by atoms with Crippen LogP contribution in [0.25, 0.3) is 32.7 Å². The summed E-state index contributed by atoms with van der Waals surface area (Å²) in [7, 11) is 0. The van der Waals surface area contributed by atoms with Crippen molar-refractivity contribution in [2.75, 3.05) is 5.32 Å². The van der Waals surface area contributed by atoms with E-state index >= 15 is 0 Å². The summed E-state index contributed by atoms with van der Waals surface area (Å²) in [4.78, 5) is 30.4. The number of aromatic amines is 1. The number of hydrogen-bond donors (Lipinski definition) is 3. The molecule has 178 valence electrons. The number of anilines is 1. The number of hydrogen-bond acceptors (Lipinski definition) is 7. The zero-order valence-electron chi connectivity index (χ0n) is 19.7. The van der Waals surface area contributed by atoms with Gasteiger partial charge in [-0.2, -0.15) is 5.10 Å². The maximum Gasteiger partial charge on any atom is 0.226 e. The van der Waals surface area contributed by atoms with Gasteiger partial charge in [0.1, 0.15) is 5.71 Å². The van der Waals surface area contributed by atoms with Crippen LogP contribution in [-0.2, 0) is 11.3 Å². The maximum atomic E-state index is 12.1. The van der Waals surface area contributed by atoms with E-state index < -0.39 is 0 Å². The third-order valence-electron chi connectivity index (χ3n) is 6.09. The standard InChI is InChI=1S/C27H23N7OS/c1-15(2)27(35)31-19-10-18(12-28-14-19)16-5-6-17-13-30-34-24(21(17)11-16)26-32-23-20(22-4-3-9-36-22)7-8-29-25(23)33-26/h3-12,14-15,30H,13H2,1-2H3,(H,31,35)(H,29,32,33). The van der Waals surface area contributed by atoms with Gasteiger partial charge in [0.2, 0.25) is 5.91 Å². The highest BCUT2D eigenvalue weighted by Gasteiger charge is 2.21. The Labute approximate surface area is 211 Å². The van der Waals surface area contributed by atoms with E-state index in [1.807, 2.05) is 32.0 Å². The lowest BCUT2D eigenvalue weighted by Gasteiger charge is -2.18. The van der Waals surface area contributed by atoms with Gasteiger partial charge in [-0.25, -0.2) is 9.97 Å². The van der Waals surface area contributed by atoms with E-state index in [9.17, 15) is 4.79 Å². The van der Waals surface area contributed by atoms with Gasteiger partial charge < -0.3 is 15.7 Å². The molecule has 0 fully saturated rings. The Morgan fingerprint density at radius 2 is 2.00 bits per heavy atom. The van der Waals surface area contributed by atoms with E-state index in [1.54, 1.807) is 29.9 Å². The molecule has 0 saturated heterocycles. The molecule has 1 aliphatic rings. The number of H-pyrrole nitrogens is 1. The first kappa shape index (κ1) is 22.1. The molecular weight excluding hydrogens is 470 g/mol. The van der Waals surface area contributed by atoms with E-state index in [4.69, 9.17) is 4.98 Å². The quantitative estimate of drug-likeness (QED) is 0.312. The number of carbonyl (C=O) groups is 1. The van der Waals surface area contributed by atoms with Crippen LogP contribution in [0.5, 0.6) is 0 Å². The Morgan fingerprint density at radius 3 is 2.83 bits per heavy atom. The molecule has 4 aromatic heterocycles. The second-order valence-corrected chi connectivity index (χ2v) is 9.84. The van der Waals surface area contributed by atoms with Crippen LogP contribution in [0.3, 0.4) is 0 Å². The third kappa shape index (κ3) is 4.03. The summed E-state index contributed by atoms with van der Waals surface area (Å²) < 4.78 is 0. The molecule has 0 radical (unpaired) electrons. The van der Waals surface area contributed by atoms with Crippen LogP contribution in [-0.4, -0.2) is 31.6 Å². The normalized spacial score (nSPS) is 12.8. The molecule has 0 unspecified atom stereocenters. The summed E-state index contributed by atoms with van der Waals surface area (Å²) in [5.74, 6) is 0.505. The van der Waals surface area contributed by atoms with E-state index in [2.05, 4.69) is 60.4 Å². The second kappa shape index (κ2) is 9.01. The van der Waals surface area contributed by atoms with Crippen molar-refractivity contribution in [2.24, 2.45) is 11.0 Å². The molecule has 5 aromatic rings. The lowest BCUT2D eigenvalue weighted by molar-refractivity contribution is -0.118. The molecule has 0 spiro atoms. The van der Waals surface area contributed by atoms with Gasteiger partial charge in [0.15, 0.2) is 11.5 Å². The van der Waals surface area contributed by atoms with Gasteiger partial charge in [-0.1, -0.05) is 32.0 Å². The number of hydrazone groups is 1. The fourth-order valence-corrected chi connectivity index (χ4v) is 4.95. The largest absolute Gasteiger partial charge is 0.335 e. The highest BCUT2D eigenvalue weighted by Crippen LogP contribution is 2.31. The van der Waals surface area contributed by atoms with Crippen molar-refractivity contribution >= 4 is 39.8 Å². The number of thiophene rings is 1. The van der Waals surface area contributed by atoms with Gasteiger partial charge in [0.05, 0.1) is 23.9 Å². The van der Waals surface area contributed by atoms with Crippen molar-refractivity contribution in [1.82, 2.24) is 25.4 Å². The first-order valence-electron chi connectivity index (χ1n) is 11.7. The van der Waals surface area contributed by atoms with Gasteiger partial charge in [-0.3, -0.25) is 9.78 Å². The summed E-state index contributed by atoms with van der Waals surface area (Å²) in [5.41, 5.74) is 11.1.